The molecule has 4 rings (SSSR count). The highest BCUT2D eigenvalue weighted by atomic mass is 19.4. The summed E-state index contributed by atoms with van der Waals surface area (Å²) in [4.78, 5) is 16.7. The summed E-state index contributed by atoms with van der Waals surface area (Å²) in [6.07, 6.45) is -2.81. The summed E-state index contributed by atoms with van der Waals surface area (Å²) in [5.41, 5.74) is -0.479. The number of nitrogens with zero attached hydrogens (tertiary/aromatic N) is 3. The molecule has 1 aliphatic heterocycles. The SMILES string of the molecule is COc1ccc(CN2C(=O)N(c3ccc(C#N)c(C(F)(F)F)c3)[C@@H]3CC(OC)CC[C@H]32)cc1. The van der Waals surface area contributed by atoms with Crippen molar-refractivity contribution in [1.29, 1.82) is 5.26 Å². The molecule has 33 heavy (non-hydrogen) atoms. The number of anilines is 1. The van der Waals surface area contributed by atoms with E-state index < -0.39 is 17.3 Å². The first-order valence-electron chi connectivity index (χ1n) is 10.6. The summed E-state index contributed by atoms with van der Waals surface area (Å²) < 4.78 is 51.4. The van der Waals surface area contributed by atoms with Crippen LogP contribution >= 0.6 is 0 Å². The Bertz CT molecular complexity index is 1070. The second kappa shape index (κ2) is 8.94. The van der Waals surface area contributed by atoms with E-state index in [0.29, 0.717) is 25.1 Å². The number of fused-ring (bicyclic) bond motifs is 1. The molecule has 6 nitrogen and oxygen atoms in total. The number of methoxy groups -OCH3 is 2. The van der Waals surface area contributed by atoms with Crippen molar-refractivity contribution in [3.63, 3.8) is 0 Å². The minimum absolute atomic E-state index is 0.0806. The predicted octanol–water partition coefficient (Wildman–Crippen LogP) is 4.96. The van der Waals surface area contributed by atoms with Gasteiger partial charge in [0.15, 0.2) is 0 Å². The van der Waals surface area contributed by atoms with Gasteiger partial charge >= 0.3 is 12.2 Å². The minimum atomic E-state index is -4.70. The van der Waals surface area contributed by atoms with Gasteiger partial charge in [-0.05, 0) is 55.2 Å². The van der Waals surface area contributed by atoms with Crippen LogP contribution in [0.25, 0.3) is 0 Å². The Morgan fingerprint density at radius 2 is 1.82 bits per heavy atom. The molecule has 2 aromatic carbocycles. The number of carbonyl (C=O) groups excluding carboxylic acids is 1. The summed E-state index contributed by atoms with van der Waals surface area (Å²) in [7, 11) is 3.17. The van der Waals surface area contributed by atoms with Gasteiger partial charge in [0.05, 0.1) is 42.5 Å². The summed E-state index contributed by atoms with van der Waals surface area (Å²) >= 11 is 0. The summed E-state index contributed by atoms with van der Waals surface area (Å²) in [5.74, 6) is 0.698. The van der Waals surface area contributed by atoms with Crippen LogP contribution in [0.3, 0.4) is 0 Å². The van der Waals surface area contributed by atoms with Gasteiger partial charge in [-0.2, -0.15) is 18.4 Å². The molecule has 0 radical (unpaired) electrons. The number of nitriles is 1. The summed E-state index contributed by atoms with van der Waals surface area (Å²) in [6.45, 7) is 0.334. The number of hydrogen-bond acceptors (Lipinski definition) is 4. The quantitative estimate of drug-likeness (QED) is 0.634. The fourth-order valence-corrected chi connectivity index (χ4v) is 4.80. The van der Waals surface area contributed by atoms with Crippen molar-refractivity contribution < 1.29 is 27.4 Å². The highest BCUT2D eigenvalue weighted by molar-refractivity contribution is 5.96. The molecule has 9 heteroatoms. The molecule has 3 atom stereocenters. The van der Waals surface area contributed by atoms with Crippen LogP contribution < -0.4 is 9.64 Å². The number of ether oxygens (including phenoxy) is 2. The van der Waals surface area contributed by atoms with E-state index in [-0.39, 0.29) is 29.9 Å². The largest absolute Gasteiger partial charge is 0.497 e. The Balaban J connectivity index is 1.71. The van der Waals surface area contributed by atoms with E-state index in [2.05, 4.69) is 0 Å². The topological polar surface area (TPSA) is 65.8 Å². The Morgan fingerprint density at radius 3 is 2.42 bits per heavy atom. The van der Waals surface area contributed by atoms with Crippen LogP contribution in [0.4, 0.5) is 23.7 Å². The molecule has 2 fully saturated rings. The average Bonchev–Trinajstić information content (AvgIpc) is 3.08. The lowest BCUT2D eigenvalue weighted by molar-refractivity contribution is -0.137. The van der Waals surface area contributed by atoms with E-state index in [0.717, 1.165) is 24.1 Å². The van der Waals surface area contributed by atoms with Gasteiger partial charge in [-0.25, -0.2) is 4.79 Å². The molecule has 0 bridgehead atoms. The number of halogens is 3. The Labute approximate surface area is 190 Å². The zero-order valence-electron chi connectivity index (χ0n) is 18.3. The molecule has 1 unspecified atom stereocenters. The monoisotopic (exact) mass is 459 g/mol. The third-order valence-electron chi connectivity index (χ3n) is 6.47. The van der Waals surface area contributed by atoms with Crippen molar-refractivity contribution in [3.8, 4) is 11.8 Å². The molecule has 2 aliphatic rings. The number of hydrogen-bond donors (Lipinski definition) is 0. The Morgan fingerprint density at radius 1 is 1.09 bits per heavy atom. The van der Waals surface area contributed by atoms with Gasteiger partial charge < -0.3 is 14.4 Å². The van der Waals surface area contributed by atoms with E-state index >= 15 is 0 Å². The van der Waals surface area contributed by atoms with Crippen molar-refractivity contribution in [2.75, 3.05) is 19.1 Å². The minimum Gasteiger partial charge on any atom is -0.497 e. The molecule has 0 N–H and O–H groups in total. The van der Waals surface area contributed by atoms with Crippen molar-refractivity contribution in [2.24, 2.45) is 0 Å². The second-order valence-electron chi connectivity index (χ2n) is 8.27. The maximum absolute atomic E-state index is 13.6. The van der Waals surface area contributed by atoms with Crippen molar-refractivity contribution in [1.82, 2.24) is 4.90 Å². The first kappa shape index (κ1) is 22.9. The zero-order chi connectivity index (χ0) is 23.8. The van der Waals surface area contributed by atoms with Crippen LogP contribution in [0.1, 0.15) is 36.0 Å². The third kappa shape index (κ3) is 4.35. The lowest BCUT2D eigenvalue weighted by Crippen LogP contribution is -2.44. The molecular weight excluding hydrogens is 435 g/mol. The van der Waals surface area contributed by atoms with E-state index in [1.807, 2.05) is 24.3 Å². The van der Waals surface area contributed by atoms with Crippen LogP contribution in [-0.4, -0.2) is 43.3 Å². The molecule has 1 saturated carbocycles. The van der Waals surface area contributed by atoms with Gasteiger partial charge in [0, 0.05) is 19.3 Å². The van der Waals surface area contributed by atoms with E-state index in [1.165, 1.54) is 11.0 Å². The van der Waals surface area contributed by atoms with Gasteiger partial charge in [0.1, 0.15) is 5.75 Å². The van der Waals surface area contributed by atoms with Crippen LogP contribution in [0.5, 0.6) is 5.75 Å². The standard InChI is InChI=1S/C24H24F3N3O3/c1-32-18-7-3-15(4-8-18)14-29-21-10-9-19(33-2)12-22(21)30(23(29)31)17-6-5-16(13-28)20(11-17)24(25,26)27/h3-8,11,19,21-22H,9-10,12,14H2,1-2H3/t19?,21-,22-/m1/s1. The molecule has 2 amide bonds. The molecule has 0 spiro atoms. The fraction of sp³-hybridized carbons (Fsp3) is 0.417. The van der Waals surface area contributed by atoms with Crippen molar-refractivity contribution in [2.45, 2.75) is 50.2 Å². The number of rotatable bonds is 5. The van der Waals surface area contributed by atoms with Gasteiger partial charge in [-0.1, -0.05) is 12.1 Å². The van der Waals surface area contributed by atoms with Crippen molar-refractivity contribution >= 4 is 11.7 Å². The molecule has 1 heterocycles. The summed E-state index contributed by atoms with van der Waals surface area (Å²) in [6, 6.07) is 11.6. The summed E-state index contributed by atoms with van der Waals surface area (Å²) in [5, 5.41) is 9.12. The van der Waals surface area contributed by atoms with Gasteiger partial charge in [0.25, 0.3) is 0 Å². The van der Waals surface area contributed by atoms with E-state index in [4.69, 9.17) is 14.7 Å². The molecule has 174 valence electrons. The van der Waals surface area contributed by atoms with Gasteiger partial charge in [-0.3, -0.25) is 4.90 Å². The number of amides is 2. The molecule has 1 aliphatic carbocycles. The maximum Gasteiger partial charge on any atom is 0.417 e. The van der Waals surface area contributed by atoms with Crippen molar-refractivity contribution in [3.05, 3.63) is 59.2 Å². The van der Waals surface area contributed by atoms with Crippen LogP contribution in [0, 0.1) is 11.3 Å². The normalized spacial score (nSPS) is 22.8. The maximum atomic E-state index is 13.6. The molecular formula is C24H24F3N3O3. The molecule has 0 aromatic heterocycles. The first-order chi connectivity index (χ1) is 15.8. The van der Waals surface area contributed by atoms with Crippen LogP contribution in [-0.2, 0) is 17.5 Å². The smallest absolute Gasteiger partial charge is 0.417 e. The van der Waals surface area contributed by atoms with Gasteiger partial charge in [-0.15, -0.1) is 0 Å². The van der Waals surface area contributed by atoms with Crippen LogP contribution in [0.15, 0.2) is 42.5 Å². The fourth-order valence-electron chi connectivity index (χ4n) is 4.80. The Hall–Kier alpha value is -3.25. The number of carbonyl (C=O) groups is 1. The van der Waals surface area contributed by atoms with Crippen LogP contribution in [0.2, 0.25) is 0 Å². The van der Waals surface area contributed by atoms with E-state index in [1.54, 1.807) is 25.2 Å². The predicted molar refractivity (Wildman–Crippen MR) is 115 cm³/mol. The third-order valence-corrected chi connectivity index (χ3v) is 6.47. The lowest BCUT2D eigenvalue weighted by Gasteiger charge is -2.35. The number of alkyl halides is 3. The number of urea groups is 1. The van der Waals surface area contributed by atoms with E-state index in [9.17, 15) is 18.0 Å². The first-order valence-corrected chi connectivity index (χ1v) is 10.6. The average molecular weight is 459 g/mol. The lowest BCUT2D eigenvalue weighted by atomic mass is 9.87. The second-order valence-corrected chi connectivity index (χ2v) is 8.27. The highest BCUT2D eigenvalue weighted by Gasteiger charge is 2.49. The van der Waals surface area contributed by atoms with Gasteiger partial charge in [0.2, 0.25) is 0 Å². The molecule has 1 saturated heterocycles. The zero-order valence-corrected chi connectivity index (χ0v) is 18.3. The molecule has 2 aromatic rings. The highest BCUT2D eigenvalue weighted by Crippen LogP contribution is 2.41. The number of benzene rings is 2. The Kier molecular flexibility index (Phi) is 6.21.